The third kappa shape index (κ3) is 5.24. The molecule has 3 aromatic rings. The molecule has 0 spiro atoms. The lowest BCUT2D eigenvalue weighted by atomic mass is 10.1. The highest BCUT2D eigenvalue weighted by molar-refractivity contribution is 7.09. The smallest absolute Gasteiger partial charge is 0.239 e. The lowest BCUT2D eigenvalue weighted by Gasteiger charge is -2.14. The molecule has 0 atom stereocenters. The first-order valence-electron chi connectivity index (χ1n) is 8.04. The summed E-state index contributed by atoms with van der Waals surface area (Å²) in [7, 11) is 1.83. The summed E-state index contributed by atoms with van der Waals surface area (Å²) in [5.41, 5.74) is 2.06. The highest BCUT2D eigenvalue weighted by Crippen LogP contribution is 2.18. The van der Waals surface area contributed by atoms with Crippen molar-refractivity contribution in [3.8, 4) is 0 Å². The Morgan fingerprint density at radius 1 is 1.23 bits per heavy atom. The van der Waals surface area contributed by atoms with E-state index in [4.69, 9.17) is 11.6 Å². The topological polar surface area (TPSA) is 71.0 Å². The highest BCUT2D eigenvalue weighted by atomic mass is 35.5. The first-order valence-corrected chi connectivity index (χ1v) is 9.19. The van der Waals surface area contributed by atoms with Crippen LogP contribution in [0.15, 0.2) is 48.8 Å². The third-order valence-electron chi connectivity index (χ3n) is 3.65. The molecule has 0 bridgehead atoms. The Labute approximate surface area is 161 Å². The predicted molar refractivity (Wildman–Crippen MR) is 104 cm³/mol. The molecule has 1 N–H and O–H groups in total. The van der Waals surface area contributed by atoms with E-state index in [2.05, 4.69) is 19.7 Å². The number of carbonyl (C=O) groups is 1. The summed E-state index contributed by atoms with van der Waals surface area (Å²) in [6.45, 7) is 0.675. The number of likely N-dealkylation sites (N-methyl/N-ethyl adjacent to an activating group) is 1. The lowest BCUT2D eigenvalue weighted by Crippen LogP contribution is -2.34. The van der Waals surface area contributed by atoms with Crippen LogP contribution in [0.5, 0.6) is 0 Å². The minimum Gasteiger partial charge on any atom is -0.350 e. The SMILES string of the molecule is CN(CC(=O)NCc1cccnc1)c1nc(Cc2ccc(Cl)cc2)ns1. The fourth-order valence-electron chi connectivity index (χ4n) is 2.30. The van der Waals surface area contributed by atoms with E-state index in [1.54, 1.807) is 17.3 Å². The van der Waals surface area contributed by atoms with Gasteiger partial charge in [-0.25, -0.2) is 4.98 Å². The standard InChI is InChI=1S/C18H18ClN5OS/c1-24(12-17(25)21-11-14-3-2-8-20-10-14)18-22-16(23-26-18)9-13-4-6-15(19)7-5-13/h2-8,10H,9,11-12H2,1H3,(H,21,25). The van der Waals surface area contributed by atoms with E-state index in [9.17, 15) is 4.79 Å². The molecule has 0 radical (unpaired) electrons. The number of amides is 1. The van der Waals surface area contributed by atoms with Gasteiger partial charge in [-0.05, 0) is 29.3 Å². The fourth-order valence-corrected chi connectivity index (χ4v) is 3.07. The number of rotatable bonds is 7. The van der Waals surface area contributed by atoms with E-state index in [0.717, 1.165) is 17.0 Å². The fraction of sp³-hybridized carbons (Fsp3) is 0.222. The number of aromatic nitrogens is 3. The maximum Gasteiger partial charge on any atom is 0.239 e. The molecule has 134 valence electrons. The summed E-state index contributed by atoms with van der Waals surface area (Å²) >= 11 is 7.18. The van der Waals surface area contributed by atoms with Gasteiger partial charge in [0.1, 0.15) is 5.82 Å². The van der Waals surface area contributed by atoms with Gasteiger partial charge < -0.3 is 10.2 Å². The second-order valence-corrected chi connectivity index (χ2v) is 6.96. The zero-order valence-electron chi connectivity index (χ0n) is 14.2. The molecular formula is C18H18ClN5OS. The van der Waals surface area contributed by atoms with Crippen LogP contribution in [0.1, 0.15) is 17.0 Å². The normalized spacial score (nSPS) is 10.5. The minimum absolute atomic E-state index is 0.0780. The van der Waals surface area contributed by atoms with Crippen molar-refractivity contribution in [3.05, 3.63) is 70.8 Å². The van der Waals surface area contributed by atoms with Crippen molar-refractivity contribution in [1.82, 2.24) is 19.7 Å². The summed E-state index contributed by atoms with van der Waals surface area (Å²) in [4.78, 5) is 22.4. The third-order valence-corrected chi connectivity index (χ3v) is 4.77. The van der Waals surface area contributed by atoms with Crippen LogP contribution in [-0.2, 0) is 17.8 Å². The van der Waals surface area contributed by atoms with Gasteiger partial charge in [0.2, 0.25) is 11.0 Å². The Morgan fingerprint density at radius 3 is 2.77 bits per heavy atom. The molecule has 0 fully saturated rings. The number of pyridine rings is 1. The summed E-state index contributed by atoms with van der Waals surface area (Å²) < 4.78 is 4.37. The molecule has 0 aliphatic rings. The predicted octanol–water partition coefficient (Wildman–Crippen LogP) is 2.93. The largest absolute Gasteiger partial charge is 0.350 e. The van der Waals surface area contributed by atoms with Crippen molar-refractivity contribution < 1.29 is 4.79 Å². The second kappa shape index (κ2) is 8.73. The maximum absolute atomic E-state index is 12.1. The molecule has 0 aliphatic carbocycles. The number of benzene rings is 1. The van der Waals surface area contributed by atoms with Crippen LogP contribution >= 0.6 is 23.1 Å². The molecule has 1 aromatic carbocycles. The van der Waals surface area contributed by atoms with Gasteiger partial charge >= 0.3 is 0 Å². The Balaban J connectivity index is 1.51. The average Bonchev–Trinajstić information content (AvgIpc) is 3.11. The molecule has 3 rings (SSSR count). The van der Waals surface area contributed by atoms with Crippen LogP contribution in [0.3, 0.4) is 0 Å². The highest BCUT2D eigenvalue weighted by Gasteiger charge is 2.12. The van der Waals surface area contributed by atoms with Crippen LogP contribution in [0.2, 0.25) is 5.02 Å². The number of nitrogens with one attached hydrogen (secondary N) is 1. The molecule has 1 amide bonds. The van der Waals surface area contributed by atoms with E-state index in [-0.39, 0.29) is 12.5 Å². The first-order chi connectivity index (χ1) is 12.6. The van der Waals surface area contributed by atoms with Crippen LogP contribution in [0.4, 0.5) is 5.13 Å². The van der Waals surface area contributed by atoms with Crippen LogP contribution in [-0.4, -0.2) is 33.8 Å². The van der Waals surface area contributed by atoms with E-state index >= 15 is 0 Å². The number of nitrogens with zero attached hydrogens (tertiary/aromatic N) is 4. The monoisotopic (exact) mass is 387 g/mol. The van der Waals surface area contributed by atoms with Crippen molar-refractivity contribution in [3.63, 3.8) is 0 Å². The van der Waals surface area contributed by atoms with E-state index in [0.29, 0.717) is 23.1 Å². The van der Waals surface area contributed by atoms with Gasteiger partial charge in [-0.3, -0.25) is 9.78 Å². The van der Waals surface area contributed by atoms with Gasteiger partial charge in [0.15, 0.2) is 0 Å². The maximum atomic E-state index is 12.1. The Morgan fingerprint density at radius 2 is 2.04 bits per heavy atom. The van der Waals surface area contributed by atoms with Crippen molar-refractivity contribution in [2.75, 3.05) is 18.5 Å². The van der Waals surface area contributed by atoms with Gasteiger partial charge in [-0.15, -0.1) is 0 Å². The van der Waals surface area contributed by atoms with Crippen LogP contribution < -0.4 is 10.2 Å². The lowest BCUT2D eigenvalue weighted by molar-refractivity contribution is -0.119. The van der Waals surface area contributed by atoms with Crippen molar-refractivity contribution in [1.29, 1.82) is 0 Å². The Kier molecular flexibility index (Phi) is 6.14. The molecule has 0 saturated carbocycles. The molecule has 0 unspecified atom stereocenters. The minimum atomic E-state index is -0.0780. The van der Waals surface area contributed by atoms with Gasteiger partial charge in [-0.2, -0.15) is 4.37 Å². The molecule has 0 aliphatic heterocycles. The van der Waals surface area contributed by atoms with Gasteiger partial charge in [0.25, 0.3) is 0 Å². The number of carbonyl (C=O) groups excluding carboxylic acids is 1. The van der Waals surface area contributed by atoms with Crippen LogP contribution in [0.25, 0.3) is 0 Å². The molecule has 8 heteroatoms. The Hall–Kier alpha value is -2.51. The van der Waals surface area contributed by atoms with Crippen molar-refractivity contribution in [2.45, 2.75) is 13.0 Å². The number of halogens is 1. The van der Waals surface area contributed by atoms with Gasteiger partial charge in [0.05, 0.1) is 6.54 Å². The van der Waals surface area contributed by atoms with E-state index < -0.39 is 0 Å². The quantitative estimate of drug-likeness (QED) is 0.674. The van der Waals surface area contributed by atoms with Gasteiger partial charge in [-0.1, -0.05) is 29.8 Å². The summed E-state index contributed by atoms with van der Waals surface area (Å²) in [6, 6.07) is 11.4. The number of hydrogen-bond acceptors (Lipinski definition) is 6. The molecule has 0 saturated heterocycles. The molecule has 6 nitrogen and oxygen atoms in total. The molecule has 2 heterocycles. The van der Waals surface area contributed by atoms with Crippen molar-refractivity contribution in [2.24, 2.45) is 0 Å². The van der Waals surface area contributed by atoms with Gasteiger partial charge in [0, 0.05) is 49.0 Å². The molecular weight excluding hydrogens is 370 g/mol. The second-order valence-electron chi connectivity index (χ2n) is 5.79. The van der Waals surface area contributed by atoms with Crippen molar-refractivity contribution >= 4 is 34.2 Å². The summed E-state index contributed by atoms with van der Waals surface area (Å²) in [5.74, 6) is 0.653. The summed E-state index contributed by atoms with van der Waals surface area (Å²) in [6.07, 6.45) is 4.07. The Bertz CT molecular complexity index is 854. The van der Waals surface area contributed by atoms with E-state index in [1.807, 2.05) is 43.4 Å². The van der Waals surface area contributed by atoms with E-state index in [1.165, 1.54) is 11.5 Å². The number of anilines is 1. The molecule has 26 heavy (non-hydrogen) atoms. The zero-order chi connectivity index (χ0) is 18.4. The van der Waals surface area contributed by atoms with Crippen LogP contribution in [0, 0.1) is 0 Å². The zero-order valence-corrected chi connectivity index (χ0v) is 15.8. The summed E-state index contributed by atoms with van der Waals surface area (Å²) in [5, 5.41) is 4.29. The average molecular weight is 388 g/mol. The first kappa shape index (κ1) is 18.3. The molecule has 2 aromatic heterocycles. The number of hydrogen-bond donors (Lipinski definition) is 1.